The standard InChI is InChI=1S/C24H18F4N4O4/c1-31-21(20-16(25)10-13(35-2)11-17(20)26)19(23(34)32(31)18-5-3-4-8-30-18)15-9-12(36-24(27)28)6-7-14(15)22(29)33/h3-11,24H,1-2H3,(H2,29,33). The lowest BCUT2D eigenvalue weighted by Gasteiger charge is -2.14. The normalized spacial score (nSPS) is 11.1. The van der Waals surface area contributed by atoms with Crippen molar-refractivity contribution >= 4 is 5.91 Å². The summed E-state index contributed by atoms with van der Waals surface area (Å²) in [5, 5.41) is 0. The number of aromatic nitrogens is 3. The van der Waals surface area contributed by atoms with E-state index >= 15 is 8.78 Å². The molecule has 0 bridgehead atoms. The Kier molecular flexibility index (Phi) is 6.51. The van der Waals surface area contributed by atoms with E-state index in [9.17, 15) is 18.4 Å². The van der Waals surface area contributed by atoms with Crippen molar-refractivity contribution in [3.8, 4) is 39.7 Å². The van der Waals surface area contributed by atoms with Gasteiger partial charge in [-0.3, -0.25) is 14.3 Å². The van der Waals surface area contributed by atoms with Gasteiger partial charge in [0.2, 0.25) is 5.91 Å². The van der Waals surface area contributed by atoms with Gasteiger partial charge in [-0.25, -0.2) is 13.8 Å². The number of carbonyl (C=O) groups excluding carboxylic acids is 1. The molecule has 0 aliphatic rings. The second-order valence-electron chi connectivity index (χ2n) is 7.47. The highest BCUT2D eigenvalue weighted by molar-refractivity contribution is 6.02. The molecule has 2 heterocycles. The molecule has 0 spiro atoms. The number of carbonyl (C=O) groups is 1. The van der Waals surface area contributed by atoms with Gasteiger partial charge in [0.1, 0.15) is 23.1 Å². The molecule has 0 aliphatic heterocycles. The molecule has 0 unspecified atom stereocenters. The summed E-state index contributed by atoms with van der Waals surface area (Å²) in [5.74, 6) is -3.60. The van der Waals surface area contributed by atoms with E-state index in [4.69, 9.17) is 10.5 Å². The zero-order valence-electron chi connectivity index (χ0n) is 18.8. The highest BCUT2D eigenvalue weighted by Crippen LogP contribution is 2.38. The number of halogens is 4. The van der Waals surface area contributed by atoms with Crippen molar-refractivity contribution in [3.05, 3.63) is 82.3 Å². The van der Waals surface area contributed by atoms with Crippen molar-refractivity contribution in [3.63, 3.8) is 0 Å². The first-order valence-corrected chi connectivity index (χ1v) is 10.3. The number of amides is 1. The summed E-state index contributed by atoms with van der Waals surface area (Å²) < 4.78 is 67.7. The van der Waals surface area contributed by atoms with E-state index in [0.29, 0.717) is 0 Å². The lowest BCUT2D eigenvalue weighted by Crippen LogP contribution is -2.21. The Morgan fingerprint density at radius 2 is 1.72 bits per heavy atom. The predicted octanol–water partition coefficient (Wildman–Crippen LogP) is 3.89. The van der Waals surface area contributed by atoms with Crippen LogP contribution in [0.4, 0.5) is 17.6 Å². The number of benzene rings is 2. The van der Waals surface area contributed by atoms with Gasteiger partial charge in [0.05, 0.1) is 23.9 Å². The van der Waals surface area contributed by atoms with E-state index in [1.807, 2.05) is 0 Å². The number of nitrogens with two attached hydrogens (primary N) is 1. The van der Waals surface area contributed by atoms with Gasteiger partial charge >= 0.3 is 6.61 Å². The van der Waals surface area contributed by atoms with Gasteiger partial charge in [0, 0.05) is 36.5 Å². The maximum Gasteiger partial charge on any atom is 0.387 e. The van der Waals surface area contributed by atoms with Gasteiger partial charge in [0.15, 0.2) is 5.82 Å². The van der Waals surface area contributed by atoms with Crippen molar-refractivity contribution in [2.45, 2.75) is 6.61 Å². The second-order valence-corrected chi connectivity index (χ2v) is 7.47. The SMILES string of the molecule is COc1cc(F)c(-c2c(-c3cc(OC(F)F)ccc3C(N)=O)c(=O)n(-c3ccccn3)n2C)c(F)c1. The van der Waals surface area contributed by atoms with E-state index in [2.05, 4.69) is 9.72 Å². The van der Waals surface area contributed by atoms with Gasteiger partial charge < -0.3 is 15.2 Å². The van der Waals surface area contributed by atoms with Crippen molar-refractivity contribution < 1.29 is 31.8 Å². The van der Waals surface area contributed by atoms with Crippen LogP contribution in [-0.4, -0.2) is 34.0 Å². The monoisotopic (exact) mass is 502 g/mol. The first-order valence-electron chi connectivity index (χ1n) is 10.3. The zero-order valence-corrected chi connectivity index (χ0v) is 18.8. The van der Waals surface area contributed by atoms with Crippen molar-refractivity contribution in [1.82, 2.24) is 14.3 Å². The Labute approximate surface area is 201 Å². The van der Waals surface area contributed by atoms with Gasteiger partial charge in [0.25, 0.3) is 5.56 Å². The molecule has 0 aliphatic carbocycles. The van der Waals surface area contributed by atoms with Crippen LogP contribution in [0.25, 0.3) is 28.2 Å². The van der Waals surface area contributed by atoms with Crippen LogP contribution in [0.2, 0.25) is 0 Å². The number of alkyl halides is 2. The van der Waals surface area contributed by atoms with Crippen LogP contribution in [-0.2, 0) is 7.05 Å². The second kappa shape index (κ2) is 9.56. The highest BCUT2D eigenvalue weighted by atomic mass is 19.3. The van der Waals surface area contributed by atoms with Gasteiger partial charge in [-0.1, -0.05) is 6.07 Å². The van der Waals surface area contributed by atoms with E-state index in [-0.39, 0.29) is 34.0 Å². The Hall–Kier alpha value is -4.61. The lowest BCUT2D eigenvalue weighted by molar-refractivity contribution is -0.0498. The summed E-state index contributed by atoms with van der Waals surface area (Å²) in [7, 11) is 2.57. The number of ether oxygens (including phenoxy) is 2. The number of primary amides is 1. The van der Waals surface area contributed by atoms with Crippen molar-refractivity contribution in [2.75, 3.05) is 7.11 Å². The molecule has 2 N–H and O–H groups in total. The van der Waals surface area contributed by atoms with Crippen LogP contribution >= 0.6 is 0 Å². The summed E-state index contributed by atoms with van der Waals surface area (Å²) in [5.41, 5.74) is 2.78. The summed E-state index contributed by atoms with van der Waals surface area (Å²) >= 11 is 0. The molecule has 4 rings (SSSR count). The van der Waals surface area contributed by atoms with E-state index in [1.54, 1.807) is 12.1 Å². The van der Waals surface area contributed by atoms with Crippen LogP contribution in [0.15, 0.2) is 59.5 Å². The van der Waals surface area contributed by atoms with Crippen molar-refractivity contribution in [1.29, 1.82) is 0 Å². The average Bonchev–Trinajstić information content (AvgIpc) is 3.08. The van der Waals surface area contributed by atoms with E-state index < -0.39 is 41.0 Å². The molecule has 1 amide bonds. The molecule has 0 atom stereocenters. The molecule has 12 heteroatoms. The third-order valence-corrected chi connectivity index (χ3v) is 5.37. The van der Waals surface area contributed by atoms with Crippen LogP contribution < -0.4 is 20.8 Å². The summed E-state index contributed by atoms with van der Waals surface area (Å²) in [6, 6.07) is 9.60. The van der Waals surface area contributed by atoms with Crippen LogP contribution in [0, 0.1) is 11.6 Å². The molecule has 0 saturated heterocycles. The summed E-state index contributed by atoms with van der Waals surface area (Å²) in [4.78, 5) is 30.1. The Balaban J connectivity index is 2.16. The predicted molar refractivity (Wildman–Crippen MR) is 121 cm³/mol. The largest absolute Gasteiger partial charge is 0.497 e. The molecule has 0 saturated carbocycles. The maximum atomic E-state index is 15.2. The number of nitrogens with zero attached hydrogens (tertiary/aromatic N) is 3. The van der Waals surface area contributed by atoms with E-state index in [1.165, 1.54) is 26.4 Å². The molecule has 0 radical (unpaired) electrons. The molecule has 2 aromatic carbocycles. The Morgan fingerprint density at radius 1 is 1.03 bits per heavy atom. The fourth-order valence-electron chi connectivity index (χ4n) is 3.89. The number of hydrogen-bond donors (Lipinski definition) is 1. The van der Waals surface area contributed by atoms with Gasteiger partial charge in [-0.15, -0.1) is 0 Å². The minimum Gasteiger partial charge on any atom is -0.497 e. The Morgan fingerprint density at radius 3 is 2.28 bits per heavy atom. The van der Waals surface area contributed by atoms with Crippen LogP contribution in [0.1, 0.15) is 10.4 Å². The Bertz CT molecular complexity index is 1490. The minimum absolute atomic E-state index is 0.0902. The minimum atomic E-state index is -3.21. The quantitative estimate of drug-likeness (QED) is 0.387. The van der Waals surface area contributed by atoms with Crippen LogP contribution in [0.3, 0.4) is 0 Å². The smallest absolute Gasteiger partial charge is 0.387 e. The molecular formula is C24H18F4N4O4. The molecule has 2 aromatic heterocycles. The molecule has 186 valence electrons. The fraction of sp³-hybridized carbons (Fsp3) is 0.125. The third kappa shape index (κ3) is 4.28. The molecule has 8 nitrogen and oxygen atoms in total. The summed E-state index contributed by atoms with van der Waals surface area (Å²) in [6.45, 7) is -3.21. The highest BCUT2D eigenvalue weighted by Gasteiger charge is 2.29. The van der Waals surface area contributed by atoms with Gasteiger partial charge in [-0.2, -0.15) is 13.5 Å². The summed E-state index contributed by atoms with van der Waals surface area (Å²) in [6.07, 6.45) is 1.40. The maximum absolute atomic E-state index is 15.2. The number of methoxy groups -OCH3 is 1. The van der Waals surface area contributed by atoms with E-state index in [0.717, 1.165) is 39.7 Å². The van der Waals surface area contributed by atoms with Crippen molar-refractivity contribution in [2.24, 2.45) is 12.8 Å². The fourth-order valence-corrected chi connectivity index (χ4v) is 3.89. The molecule has 36 heavy (non-hydrogen) atoms. The topological polar surface area (TPSA) is 101 Å². The first kappa shape index (κ1) is 24.5. The number of hydrogen-bond acceptors (Lipinski definition) is 5. The first-order chi connectivity index (χ1) is 17.1. The van der Waals surface area contributed by atoms with Gasteiger partial charge in [-0.05, 0) is 30.3 Å². The lowest BCUT2D eigenvalue weighted by atomic mass is 9.95. The number of rotatable bonds is 7. The zero-order chi connectivity index (χ0) is 26.1. The third-order valence-electron chi connectivity index (χ3n) is 5.37. The molecule has 0 fully saturated rings. The molecule has 4 aromatic rings. The molecular weight excluding hydrogens is 484 g/mol. The average molecular weight is 502 g/mol. The number of pyridine rings is 1. The van der Waals surface area contributed by atoms with Crippen LogP contribution in [0.5, 0.6) is 11.5 Å².